The van der Waals surface area contributed by atoms with Gasteiger partial charge in [-0.05, 0) is 30.8 Å². The minimum atomic E-state index is -0.996. The molecule has 1 amide bonds. The van der Waals surface area contributed by atoms with Crippen molar-refractivity contribution >= 4 is 18.0 Å². The van der Waals surface area contributed by atoms with Crippen LogP contribution in [0.3, 0.4) is 0 Å². The highest BCUT2D eigenvalue weighted by Crippen LogP contribution is 2.22. The minimum Gasteiger partial charge on any atom is -0.496 e. The zero-order valence-electron chi connectivity index (χ0n) is 12.4. The van der Waals surface area contributed by atoms with Crippen LogP contribution in [0.25, 0.3) is 6.08 Å². The average molecular weight is 292 g/mol. The number of carbonyl (C=O) groups is 2. The Balaban J connectivity index is 2.89. The van der Waals surface area contributed by atoms with Gasteiger partial charge in [-0.25, -0.2) is 4.79 Å². The van der Waals surface area contributed by atoms with E-state index in [1.165, 1.54) is 6.08 Å². The summed E-state index contributed by atoms with van der Waals surface area (Å²) in [6.07, 6.45) is 2.60. The molecular weight excluding hydrogens is 272 g/mol. The summed E-state index contributed by atoms with van der Waals surface area (Å²) in [4.78, 5) is 23.7. The third-order valence-corrected chi connectivity index (χ3v) is 2.86. The van der Waals surface area contributed by atoms with Crippen molar-refractivity contribution in [2.45, 2.75) is 6.54 Å². The molecule has 0 aromatic heterocycles. The molecule has 21 heavy (non-hydrogen) atoms. The van der Waals surface area contributed by atoms with Crippen molar-refractivity contribution < 1.29 is 19.4 Å². The van der Waals surface area contributed by atoms with Gasteiger partial charge in [0.25, 0.3) is 0 Å². The van der Waals surface area contributed by atoms with Crippen molar-refractivity contribution in [3.8, 4) is 5.75 Å². The van der Waals surface area contributed by atoms with E-state index in [-0.39, 0.29) is 12.5 Å². The fourth-order valence-corrected chi connectivity index (χ4v) is 1.86. The molecule has 6 nitrogen and oxygen atoms in total. The number of ether oxygens (including phenoxy) is 1. The maximum absolute atomic E-state index is 11.4. The maximum atomic E-state index is 11.4. The summed E-state index contributed by atoms with van der Waals surface area (Å²) in [6.45, 7) is 0.792. The number of rotatable bonds is 7. The van der Waals surface area contributed by atoms with E-state index in [1.54, 1.807) is 26.3 Å². The molecule has 1 aromatic carbocycles. The van der Waals surface area contributed by atoms with E-state index in [9.17, 15) is 9.59 Å². The molecule has 1 rings (SSSR count). The van der Waals surface area contributed by atoms with Gasteiger partial charge in [-0.2, -0.15) is 0 Å². The Kier molecular flexibility index (Phi) is 6.42. The van der Waals surface area contributed by atoms with E-state index in [0.717, 1.165) is 17.2 Å². The molecule has 6 heteroatoms. The SMILES string of the molecule is CNC(=O)CN(C)Cc1cc(C=CC(=O)O)ccc1OC. The first kappa shape index (κ1) is 16.7. The number of benzene rings is 1. The number of carboxylic acids is 1. The number of methoxy groups -OCH3 is 1. The Morgan fingerprint density at radius 1 is 1.43 bits per heavy atom. The van der Waals surface area contributed by atoms with Crippen LogP contribution >= 0.6 is 0 Å². The van der Waals surface area contributed by atoms with Gasteiger partial charge in [0.1, 0.15) is 5.75 Å². The fourth-order valence-electron chi connectivity index (χ4n) is 1.86. The van der Waals surface area contributed by atoms with E-state index in [2.05, 4.69) is 5.32 Å². The van der Waals surface area contributed by atoms with Crippen molar-refractivity contribution in [3.05, 3.63) is 35.4 Å². The lowest BCUT2D eigenvalue weighted by Crippen LogP contribution is -2.32. The van der Waals surface area contributed by atoms with Gasteiger partial charge >= 0.3 is 5.97 Å². The van der Waals surface area contributed by atoms with Crippen LogP contribution in [-0.2, 0) is 16.1 Å². The highest BCUT2D eigenvalue weighted by molar-refractivity contribution is 5.85. The number of aliphatic carboxylic acids is 1. The largest absolute Gasteiger partial charge is 0.496 e. The summed E-state index contributed by atoms with van der Waals surface area (Å²) in [5, 5.41) is 11.2. The molecule has 2 N–H and O–H groups in total. The number of likely N-dealkylation sites (N-methyl/N-ethyl adjacent to an activating group) is 2. The number of nitrogens with one attached hydrogen (secondary N) is 1. The van der Waals surface area contributed by atoms with Crippen molar-refractivity contribution in [2.75, 3.05) is 27.7 Å². The fraction of sp³-hybridized carbons (Fsp3) is 0.333. The van der Waals surface area contributed by atoms with Gasteiger partial charge in [-0.3, -0.25) is 9.69 Å². The molecule has 0 bridgehead atoms. The van der Waals surface area contributed by atoms with Gasteiger partial charge in [-0.1, -0.05) is 6.07 Å². The Morgan fingerprint density at radius 3 is 2.71 bits per heavy atom. The molecular formula is C15H20N2O4. The molecule has 114 valence electrons. The quantitative estimate of drug-likeness (QED) is 0.732. The lowest BCUT2D eigenvalue weighted by Gasteiger charge is -2.18. The summed E-state index contributed by atoms with van der Waals surface area (Å²) < 4.78 is 5.29. The molecule has 0 aliphatic rings. The lowest BCUT2D eigenvalue weighted by atomic mass is 10.1. The zero-order chi connectivity index (χ0) is 15.8. The second-order valence-corrected chi connectivity index (χ2v) is 4.59. The number of carboxylic acid groups (broad SMARTS) is 1. The van der Waals surface area contributed by atoms with Crippen LogP contribution in [0.2, 0.25) is 0 Å². The first-order valence-electron chi connectivity index (χ1n) is 6.43. The van der Waals surface area contributed by atoms with Crippen LogP contribution < -0.4 is 10.1 Å². The van der Waals surface area contributed by atoms with Gasteiger partial charge in [0.2, 0.25) is 5.91 Å². The van der Waals surface area contributed by atoms with E-state index in [1.807, 2.05) is 18.0 Å². The molecule has 1 aromatic rings. The molecule has 0 heterocycles. The second kappa shape index (κ2) is 8.06. The van der Waals surface area contributed by atoms with E-state index >= 15 is 0 Å². The number of amides is 1. The third-order valence-electron chi connectivity index (χ3n) is 2.86. The third kappa shape index (κ3) is 5.66. The first-order valence-corrected chi connectivity index (χ1v) is 6.43. The Morgan fingerprint density at radius 2 is 2.14 bits per heavy atom. The number of carbonyl (C=O) groups excluding carboxylic acids is 1. The predicted molar refractivity (Wildman–Crippen MR) is 80.1 cm³/mol. The summed E-state index contributed by atoms with van der Waals surface area (Å²) in [7, 11) is 4.99. The number of nitrogens with zero attached hydrogens (tertiary/aromatic N) is 1. The van der Waals surface area contributed by atoms with Crippen LogP contribution in [0.4, 0.5) is 0 Å². The minimum absolute atomic E-state index is 0.0709. The summed E-state index contributed by atoms with van der Waals surface area (Å²) in [6, 6.07) is 5.41. The molecule has 0 fully saturated rings. The van der Waals surface area contributed by atoms with Crippen LogP contribution in [-0.4, -0.2) is 49.6 Å². The molecule has 0 spiro atoms. The molecule has 0 saturated carbocycles. The Labute approximate surface area is 124 Å². The van der Waals surface area contributed by atoms with Crippen LogP contribution in [0.15, 0.2) is 24.3 Å². The molecule has 0 aliphatic heterocycles. The van der Waals surface area contributed by atoms with Crippen molar-refractivity contribution in [2.24, 2.45) is 0 Å². The molecule has 0 unspecified atom stereocenters. The van der Waals surface area contributed by atoms with Crippen molar-refractivity contribution in [1.82, 2.24) is 10.2 Å². The van der Waals surface area contributed by atoms with Crippen LogP contribution in [0.5, 0.6) is 5.75 Å². The number of hydrogen-bond acceptors (Lipinski definition) is 4. The van der Waals surface area contributed by atoms with Crippen LogP contribution in [0, 0.1) is 0 Å². The van der Waals surface area contributed by atoms with E-state index < -0.39 is 5.97 Å². The molecule has 0 saturated heterocycles. The standard InChI is InChI=1S/C15H20N2O4/c1-16-14(18)10-17(2)9-12-8-11(5-7-15(19)20)4-6-13(12)21-3/h4-8H,9-10H2,1-3H3,(H,16,18)(H,19,20). The van der Waals surface area contributed by atoms with Gasteiger partial charge in [0, 0.05) is 25.2 Å². The van der Waals surface area contributed by atoms with E-state index in [0.29, 0.717) is 12.3 Å². The van der Waals surface area contributed by atoms with E-state index in [4.69, 9.17) is 9.84 Å². The Hall–Kier alpha value is -2.34. The Bertz CT molecular complexity index is 540. The van der Waals surface area contributed by atoms with Crippen molar-refractivity contribution in [1.29, 1.82) is 0 Å². The topological polar surface area (TPSA) is 78.9 Å². The first-order chi connectivity index (χ1) is 9.96. The summed E-state index contributed by atoms with van der Waals surface area (Å²) in [5.74, 6) is -0.367. The predicted octanol–water partition coefficient (Wildman–Crippen LogP) is 0.971. The average Bonchev–Trinajstić information content (AvgIpc) is 2.45. The van der Waals surface area contributed by atoms with Gasteiger partial charge < -0.3 is 15.2 Å². The van der Waals surface area contributed by atoms with Gasteiger partial charge in [-0.15, -0.1) is 0 Å². The summed E-state index contributed by atoms with van der Waals surface area (Å²) >= 11 is 0. The normalized spacial score (nSPS) is 10.9. The number of hydrogen-bond donors (Lipinski definition) is 2. The van der Waals surface area contributed by atoms with Crippen molar-refractivity contribution in [3.63, 3.8) is 0 Å². The smallest absolute Gasteiger partial charge is 0.328 e. The van der Waals surface area contributed by atoms with Gasteiger partial charge in [0.15, 0.2) is 0 Å². The summed E-state index contributed by atoms with van der Waals surface area (Å²) in [5.41, 5.74) is 1.65. The zero-order valence-corrected chi connectivity index (χ0v) is 12.4. The highest BCUT2D eigenvalue weighted by atomic mass is 16.5. The molecule has 0 radical (unpaired) electrons. The maximum Gasteiger partial charge on any atom is 0.328 e. The van der Waals surface area contributed by atoms with Gasteiger partial charge in [0.05, 0.1) is 13.7 Å². The second-order valence-electron chi connectivity index (χ2n) is 4.59. The lowest BCUT2D eigenvalue weighted by molar-refractivity contribution is -0.131. The molecule has 0 aliphatic carbocycles. The highest BCUT2D eigenvalue weighted by Gasteiger charge is 2.09. The molecule has 0 atom stereocenters. The monoisotopic (exact) mass is 292 g/mol. The van der Waals surface area contributed by atoms with Crippen LogP contribution in [0.1, 0.15) is 11.1 Å².